The van der Waals surface area contributed by atoms with E-state index in [0.717, 1.165) is 56.4 Å². The van der Waals surface area contributed by atoms with Gasteiger partial charge in [-0.2, -0.15) is 5.10 Å². The van der Waals surface area contributed by atoms with Crippen LogP contribution in [-0.4, -0.2) is 28.7 Å². The van der Waals surface area contributed by atoms with E-state index < -0.39 is 5.54 Å². The van der Waals surface area contributed by atoms with E-state index in [-0.39, 0.29) is 11.9 Å². The largest absolute Gasteiger partial charge is 0.346 e. The van der Waals surface area contributed by atoms with E-state index in [9.17, 15) is 9.59 Å². The predicted octanol–water partition coefficient (Wildman–Crippen LogP) is 2.58. The number of hydrogen-bond acceptors (Lipinski definition) is 3. The second-order valence-electron chi connectivity index (χ2n) is 6.00. The molecule has 0 bridgehead atoms. The molecule has 108 valence electrons. The maximum atomic E-state index is 12.5. The summed E-state index contributed by atoms with van der Waals surface area (Å²) in [7, 11) is 0. The molecule has 0 unspecified atom stereocenters. The Hall–Kier alpha value is -1.65. The summed E-state index contributed by atoms with van der Waals surface area (Å²) in [4.78, 5) is 24.5. The van der Waals surface area contributed by atoms with Crippen molar-refractivity contribution < 1.29 is 9.59 Å². The Balaban J connectivity index is 1.70. The van der Waals surface area contributed by atoms with Gasteiger partial charge in [-0.15, -0.1) is 5.01 Å². The number of amides is 3. The molecule has 0 aromatic carbocycles. The van der Waals surface area contributed by atoms with Gasteiger partial charge in [0.2, 0.25) is 0 Å². The molecule has 1 heterocycles. The van der Waals surface area contributed by atoms with Gasteiger partial charge in [-0.1, -0.05) is 31.4 Å². The minimum absolute atomic E-state index is 0.162. The molecule has 1 aliphatic heterocycles. The first kappa shape index (κ1) is 13.3. The SMILES string of the molecule is O=C1NC2(CCCCC2)C(=O)N1/N=C\[C@H]1CC=CCC1. The zero-order valence-corrected chi connectivity index (χ0v) is 11.7. The number of carbonyl (C=O) groups excluding carboxylic acids is 2. The zero-order valence-electron chi connectivity index (χ0n) is 11.7. The monoisotopic (exact) mass is 275 g/mol. The van der Waals surface area contributed by atoms with Crippen LogP contribution in [0.1, 0.15) is 51.4 Å². The van der Waals surface area contributed by atoms with E-state index in [4.69, 9.17) is 0 Å². The third kappa shape index (κ3) is 2.37. The Bertz CT molecular complexity index is 464. The van der Waals surface area contributed by atoms with Crippen LogP contribution in [0.2, 0.25) is 0 Å². The summed E-state index contributed by atoms with van der Waals surface area (Å²) >= 11 is 0. The van der Waals surface area contributed by atoms with E-state index in [2.05, 4.69) is 22.6 Å². The third-order valence-electron chi connectivity index (χ3n) is 4.55. The summed E-state index contributed by atoms with van der Waals surface area (Å²) < 4.78 is 0. The van der Waals surface area contributed by atoms with E-state index in [0.29, 0.717) is 5.92 Å². The van der Waals surface area contributed by atoms with Crippen molar-refractivity contribution in [3.8, 4) is 0 Å². The first-order chi connectivity index (χ1) is 9.71. The molecule has 1 saturated heterocycles. The van der Waals surface area contributed by atoms with Crippen LogP contribution in [0.25, 0.3) is 0 Å². The Morgan fingerprint density at radius 3 is 2.75 bits per heavy atom. The van der Waals surface area contributed by atoms with Crippen LogP contribution < -0.4 is 5.32 Å². The fourth-order valence-electron chi connectivity index (χ4n) is 3.32. The summed E-state index contributed by atoms with van der Waals surface area (Å²) in [6.07, 6.45) is 13.7. The summed E-state index contributed by atoms with van der Waals surface area (Å²) in [5, 5.41) is 8.08. The molecule has 3 aliphatic rings. The molecule has 5 nitrogen and oxygen atoms in total. The van der Waals surface area contributed by atoms with Gasteiger partial charge in [0.1, 0.15) is 5.54 Å². The van der Waals surface area contributed by atoms with Gasteiger partial charge in [0, 0.05) is 6.21 Å². The van der Waals surface area contributed by atoms with Crippen molar-refractivity contribution in [3.63, 3.8) is 0 Å². The van der Waals surface area contributed by atoms with Crippen molar-refractivity contribution in [3.05, 3.63) is 12.2 Å². The molecule has 0 aromatic heterocycles. The van der Waals surface area contributed by atoms with Crippen molar-refractivity contribution in [1.29, 1.82) is 0 Å². The van der Waals surface area contributed by atoms with Crippen LogP contribution in [0.5, 0.6) is 0 Å². The second-order valence-corrected chi connectivity index (χ2v) is 6.00. The molecular weight excluding hydrogens is 254 g/mol. The first-order valence-electron chi connectivity index (χ1n) is 7.57. The topological polar surface area (TPSA) is 61.8 Å². The van der Waals surface area contributed by atoms with Crippen LogP contribution in [0.4, 0.5) is 4.79 Å². The van der Waals surface area contributed by atoms with Gasteiger partial charge in [-0.25, -0.2) is 4.79 Å². The molecule has 20 heavy (non-hydrogen) atoms. The van der Waals surface area contributed by atoms with Crippen LogP contribution in [0.3, 0.4) is 0 Å². The molecule has 1 N–H and O–H groups in total. The van der Waals surface area contributed by atoms with Gasteiger partial charge in [0.25, 0.3) is 5.91 Å². The van der Waals surface area contributed by atoms with E-state index in [1.54, 1.807) is 6.21 Å². The standard InChI is InChI=1S/C15H21N3O2/c19-13-15(9-5-2-6-10-15)17-14(20)18(13)16-11-12-7-3-1-4-8-12/h1,3,11-12H,2,4-10H2,(H,17,20)/b16-11-/t12-/m0/s1. The van der Waals surface area contributed by atoms with E-state index >= 15 is 0 Å². The number of carbonyl (C=O) groups is 2. The Labute approximate surface area is 119 Å². The Morgan fingerprint density at radius 2 is 2.05 bits per heavy atom. The lowest BCUT2D eigenvalue weighted by atomic mass is 9.82. The summed E-state index contributed by atoms with van der Waals surface area (Å²) in [6.45, 7) is 0. The summed E-state index contributed by atoms with van der Waals surface area (Å²) in [5.74, 6) is 0.174. The lowest BCUT2D eigenvalue weighted by Gasteiger charge is -2.29. The van der Waals surface area contributed by atoms with E-state index in [1.807, 2.05) is 0 Å². The first-order valence-corrected chi connectivity index (χ1v) is 7.57. The molecule has 0 aromatic rings. The fraction of sp³-hybridized carbons (Fsp3) is 0.667. The molecule has 2 fully saturated rings. The number of allylic oxidation sites excluding steroid dienone is 2. The average Bonchev–Trinajstić information content (AvgIpc) is 2.70. The molecule has 1 atom stereocenters. The van der Waals surface area contributed by atoms with Crippen LogP contribution >= 0.6 is 0 Å². The van der Waals surface area contributed by atoms with Crippen molar-refractivity contribution in [2.75, 3.05) is 0 Å². The molecule has 3 amide bonds. The van der Waals surface area contributed by atoms with Crippen LogP contribution in [0.15, 0.2) is 17.3 Å². The smallest absolute Gasteiger partial charge is 0.321 e. The average molecular weight is 275 g/mol. The number of rotatable bonds is 2. The summed E-state index contributed by atoms with van der Waals surface area (Å²) in [5.41, 5.74) is -0.668. The Morgan fingerprint density at radius 1 is 1.25 bits per heavy atom. The fourth-order valence-corrected chi connectivity index (χ4v) is 3.32. The highest BCUT2D eigenvalue weighted by Gasteiger charge is 2.51. The number of urea groups is 1. The van der Waals surface area contributed by atoms with Crippen LogP contribution in [-0.2, 0) is 4.79 Å². The number of hydrogen-bond donors (Lipinski definition) is 1. The molecule has 1 spiro atoms. The summed E-state index contributed by atoms with van der Waals surface area (Å²) in [6, 6.07) is -0.362. The van der Waals surface area contributed by atoms with Gasteiger partial charge in [-0.05, 0) is 38.0 Å². The quantitative estimate of drug-likeness (QED) is 0.478. The van der Waals surface area contributed by atoms with Gasteiger partial charge in [-0.3, -0.25) is 4.79 Å². The zero-order chi connectivity index (χ0) is 14.0. The number of nitrogens with zero attached hydrogens (tertiary/aromatic N) is 2. The van der Waals surface area contributed by atoms with Crippen LogP contribution in [0, 0.1) is 5.92 Å². The molecule has 3 rings (SSSR count). The molecule has 5 heteroatoms. The maximum Gasteiger partial charge on any atom is 0.346 e. The predicted molar refractivity (Wildman–Crippen MR) is 76.2 cm³/mol. The minimum Gasteiger partial charge on any atom is -0.321 e. The highest BCUT2D eigenvalue weighted by Crippen LogP contribution is 2.33. The molecule has 0 radical (unpaired) electrons. The van der Waals surface area contributed by atoms with Crippen molar-refractivity contribution in [2.45, 2.75) is 56.9 Å². The number of nitrogens with one attached hydrogen (secondary N) is 1. The van der Waals surface area contributed by atoms with Gasteiger partial charge >= 0.3 is 6.03 Å². The lowest BCUT2D eigenvalue weighted by Crippen LogP contribution is -2.48. The highest BCUT2D eigenvalue weighted by atomic mass is 16.2. The second kappa shape index (κ2) is 5.38. The lowest BCUT2D eigenvalue weighted by molar-refractivity contribution is -0.132. The van der Waals surface area contributed by atoms with Crippen molar-refractivity contribution in [1.82, 2.24) is 10.3 Å². The van der Waals surface area contributed by atoms with Crippen molar-refractivity contribution >= 4 is 18.2 Å². The van der Waals surface area contributed by atoms with Gasteiger partial charge in [0.05, 0.1) is 0 Å². The van der Waals surface area contributed by atoms with Crippen molar-refractivity contribution in [2.24, 2.45) is 11.0 Å². The van der Waals surface area contributed by atoms with Gasteiger partial charge < -0.3 is 5.32 Å². The highest BCUT2D eigenvalue weighted by molar-refractivity contribution is 6.07. The molecule has 2 aliphatic carbocycles. The van der Waals surface area contributed by atoms with Gasteiger partial charge in [0.15, 0.2) is 0 Å². The third-order valence-corrected chi connectivity index (χ3v) is 4.55. The number of imide groups is 1. The maximum absolute atomic E-state index is 12.5. The Kier molecular flexibility index (Phi) is 3.59. The molecule has 1 saturated carbocycles. The number of hydrazone groups is 1. The normalized spacial score (nSPS) is 29.4. The molecular formula is C15H21N3O2. The minimum atomic E-state index is -0.668. The van der Waals surface area contributed by atoms with E-state index in [1.165, 1.54) is 0 Å².